The number of aliphatic carboxylic acids is 1. The van der Waals surface area contributed by atoms with E-state index < -0.39 is 29.5 Å². The Labute approximate surface area is 249 Å². The molecule has 0 bridgehead atoms. The number of anilines is 3. The minimum atomic E-state index is -0.889. The van der Waals surface area contributed by atoms with Crippen LogP contribution in [0.4, 0.5) is 21.5 Å². The molecule has 43 heavy (non-hydrogen) atoms. The number of aryl methyl sites for hydroxylation is 1. The quantitative estimate of drug-likeness (QED) is 0.337. The predicted molar refractivity (Wildman–Crippen MR) is 159 cm³/mol. The van der Waals surface area contributed by atoms with Crippen LogP contribution in [0.5, 0.6) is 0 Å². The fourth-order valence-electron chi connectivity index (χ4n) is 6.11. The zero-order valence-corrected chi connectivity index (χ0v) is 24.1. The van der Waals surface area contributed by atoms with Gasteiger partial charge in [-0.05, 0) is 56.7 Å². The Hall–Kier alpha value is -4.41. The number of aromatic nitrogens is 1. The number of carboxylic acid groups (broad SMARTS) is 1. The maximum atomic E-state index is 15.6. The third-order valence-electron chi connectivity index (χ3n) is 8.69. The fourth-order valence-corrected chi connectivity index (χ4v) is 6.11. The van der Waals surface area contributed by atoms with E-state index in [4.69, 9.17) is 4.42 Å². The molecule has 3 aromatic rings. The number of carboxylic acids is 1. The number of amides is 2. The number of carbonyl (C=O) groups excluding carboxylic acids is 2. The number of benzene rings is 2. The molecular formula is C32H36FN5O5. The van der Waals surface area contributed by atoms with E-state index in [0.717, 1.165) is 18.5 Å². The van der Waals surface area contributed by atoms with Crippen LogP contribution in [0, 0.1) is 18.7 Å². The molecular weight excluding hydrogens is 553 g/mol. The first-order valence-corrected chi connectivity index (χ1v) is 15.0. The van der Waals surface area contributed by atoms with Gasteiger partial charge < -0.3 is 30.0 Å². The van der Waals surface area contributed by atoms with E-state index >= 15 is 4.39 Å². The zero-order chi connectivity index (χ0) is 30.1. The molecule has 0 radical (unpaired) electrons. The van der Waals surface area contributed by atoms with Crippen molar-refractivity contribution >= 4 is 34.8 Å². The number of rotatable bonds is 8. The van der Waals surface area contributed by atoms with Crippen LogP contribution >= 0.6 is 0 Å². The Balaban J connectivity index is 1.24. The monoisotopic (exact) mass is 589 g/mol. The predicted octanol–water partition coefficient (Wildman–Crippen LogP) is 4.95. The molecule has 2 saturated carbocycles. The molecule has 1 aromatic heterocycles. The van der Waals surface area contributed by atoms with Crippen LogP contribution in [0.15, 0.2) is 47.1 Å². The molecule has 6 rings (SSSR count). The molecule has 2 atom stereocenters. The van der Waals surface area contributed by atoms with Crippen molar-refractivity contribution in [2.45, 2.75) is 57.4 Å². The topological polar surface area (TPSA) is 128 Å². The Bertz CT molecular complexity index is 1530. The van der Waals surface area contributed by atoms with Gasteiger partial charge >= 0.3 is 5.97 Å². The number of nitrogens with one attached hydrogen (secondary N) is 2. The van der Waals surface area contributed by atoms with Gasteiger partial charge in [0.1, 0.15) is 12.1 Å². The number of nitrogens with zero attached hydrogens (tertiary/aromatic N) is 3. The van der Waals surface area contributed by atoms with Crippen molar-refractivity contribution in [2.24, 2.45) is 5.92 Å². The third kappa shape index (κ3) is 6.35. The molecule has 1 saturated heterocycles. The molecule has 10 nitrogen and oxygen atoms in total. The average Bonchev–Trinajstić information content (AvgIpc) is 3.74. The first-order valence-electron chi connectivity index (χ1n) is 15.0. The van der Waals surface area contributed by atoms with Crippen LogP contribution in [0.1, 0.15) is 76.7 Å². The summed E-state index contributed by atoms with van der Waals surface area (Å²) in [5, 5.41) is 15.1. The van der Waals surface area contributed by atoms with Crippen molar-refractivity contribution in [2.75, 3.05) is 41.3 Å². The van der Waals surface area contributed by atoms with E-state index in [2.05, 4.69) is 39.6 Å². The summed E-state index contributed by atoms with van der Waals surface area (Å²) >= 11 is 0. The summed E-state index contributed by atoms with van der Waals surface area (Å²) in [6, 6.07) is 10.5. The van der Waals surface area contributed by atoms with Crippen LogP contribution in [0.2, 0.25) is 0 Å². The molecule has 11 heteroatoms. The summed E-state index contributed by atoms with van der Waals surface area (Å²) in [5.41, 5.74) is 3.00. The molecule has 2 unspecified atom stereocenters. The molecule has 1 aliphatic heterocycles. The zero-order valence-electron chi connectivity index (χ0n) is 24.1. The Morgan fingerprint density at radius 3 is 2.40 bits per heavy atom. The van der Waals surface area contributed by atoms with E-state index in [1.807, 2.05) is 17.0 Å². The van der Waals surface area contributed by atoms with Crippen LogP contribution < -0.4 is 20.4 Å². The number of para-hydroxylation sites is 1. The highest BCUT2D eigenvalue weighted by Crippen LogP contribution is 2.39. The largest absolute Gasteiger partial charge is 0.481 e. The van der Waals surface area contributed by atoms with Crippen molar-refractivity contribution < 1.29 is 28.3 Å². The standard InChI is InChI=1S/C32H36FN5O5/c1-19-5-2-3-8-27(19)37-11-13-38(14-12-37)28-17-24(33)23(29(39)34-22-7-4-6-21(15-22)32(41)42)16-25(28)35-30(40)26-18-43-31(36-26)20-9-10-20/h2-3,5,8,16-18,20-22H,4,6-7,9-15H2,1H3,(H,34,39)(H,35,40)(H,41,42). The molecule has 2 aromatic carbocycles. The fraction of sp³-hybridized carbons (Fsp3) is 0.438. The van der Waals surface area contributed by atoms with Crippen molar-refractivity contribution in [3.63, 3.8) is 0 Å². The SMILES string of the molecule is Cc1ccccc1N1CCN(c2cc(F)c(C(=O)NC3CCCC(C(=O)O)C3)cc2NC(=O)c2coc(C3CC3)n2)CC1. The summed E-state index contributed by atoms with van der Waals surface area (Å²) in [5.74, 6) is -2.52. The normalized spacial score (nSPS) is 20.5. The average molecular weight is 590 g/mol. The second kappa shape index (κ2) is 12.1. The number of halogens is 1. The van der Waals surface area contributed by atoms with Crippen LogP contribution in [-0.4, -0.2) is 60.1 Å². The van der Waals surface area contributed by atoms with Gasteiger partial charge in [0.2, 0.25) is 0 Å². The molecule has 2 aliphatic carbocycles. The van der Waals surface area contributed by atoms with E-state index in [1.165, 1.54) is 24.0 Å². The van der Waals surface area contributed by atoms with Crippen LogP contribution in [-0.2, 0) is 4.79 Å². The maximum absolute atomic E-state index is 15.6. The van der Waals surface area contributed by atoms with Crippen LogP contribution in [0.25, 0.3) is 0 Å². The summed E-state index contributed by atoms with van der Waals surface area (Å²) in [7, 11) is 0. The molecule has 2 heterocycles. The summed E-state index contributed by atoms with van der Waals surface area (Å²) in [4.78, 5) is 46.6. The highest BCUT2D eigenvalue weighted by atomic mass is 19.1. The highest BCUT2D eigenvalue weighted by Gasteiger charge is 2.31. The van der Waals surface area contributed by atoms with Crippen molar-refractivity contribution in [1.29, 1.82) is 0 Å². The van der Waals surface area contributed by atoms with Crippen LogP contribution in [0.3, 0.4) is 0 Å². The van der Waals surface area contributed by atoms with Gasteiger partial charge in [-0.3, -0.25) is 14.4 Å². The van der Waals surface area contributed by atoms with Gasteiger partial charge in [-0.15, -0.1) is 0 Å². The van der Waals surface area contributed by atoms with Crippen molar-refractivity contribution in [1.82, 2.24) is 10.3 Å². The maximum Gasteiger partial charge on any atom is 0.306 e. The molecule has 2 amide bonds. The second-order valence-electron chi connectivity index (χ2n) is 11.8. The lowest BCUT2D eigenvalue weighted by atomic mass is 9.85. The lowest BCUT2D eigenvalue weighted by Crippen LogP contribution is -2.47. The summed E-state index contributed by atoms with van der Waals surface area (Å²) < 4.78 is 21.1. The summed E-state index contributed by atoms with van der Waals surface area (Å²) in [6.45, 7) is 4.63. The Morgan fingerprint density at radius 1 is 0.977 bits per heavy atom. The van der Waals surface area contributed by atoms with E-state index in [-0.39, 0.29) is 23.2 Å². The summed E-state index contributed by atoms with van der Waals surface area (Å²) in [6.07, 6.45) is 5.42. The lowest BCUT2D eigenvalue weighted by molar-refractivity contribution is -0.143. The Morgan fingerprint density at radius 2 is 1.70 bits per heavy atom. The minimum absolute atomic E-state index is 0.120. The van der Waals surface area contributed by atoms with Gasteiger partial charge in [0.15, 0.2) is 11.6 Å². The van der Waals surface area contributed by atoms with E-state index in [9.17, 15) is 19.5 Å². The van der Waals surface area contributed by atoms with Gasteiger partial charge in [0.25, 0.3) is 11.8 Å². The number of oxazole rings is 1. The van der Waals surface area contributed by atoms with E-state index in [1.54, 1.807) is 0 Å². The number of carbonyl (C=O) groups is 3. The van der Waals surface area contributed by atoms with Gasteiger partial charge in [-0.25, -0.2) is 9.37 Å². The molecule has 3 N–H and O–H groups in total. The van der Waals surface area contributed by atoms with Crippen molar-refractivity contribution in [3.8, 4) is 0 Å². The number of hydrogen-bond acceptors (Lipinski definition) is 7. The molecule has 226 valence electrons. The molecule has 3 aliphatic rings. The lowest BCUT2D eigenvalue weighted by Gasteiger charge is -2.38. The first-order chi connectivity index (χ1) is 20.8. The highest BCUT2D eigenvalue weighted by molar-refractivity contribution is 6.06. The minimum Gasteiger partial charge on any atom is -0.481 e. The smallest absolute Gasteiger partial charge is 0.306 e. The third-order valence-corrected chi connectivity index (χ3v) is 8.69. The first kappa shape index (κ1) is 28.7. The van der Waals surface area contributed by atoms with E-state index in [0.29, 0.717) is 69.1 Å². The van der Waals surface area contributed by atoms with Gasteiger partial charge in [-0.2, -0.15) is 0 Å². The molecule has 0 spiro atoms. The Kier molecular flexibility index (Phi) is 8.05. The van der Waals surface area contributed by atoms with Gasteiger partial charge in [0, 0.05) is 49.9 Å². The number of piperazine rings is 1. The van der Waals surface area contributed by atoms with Gasteiger partial charge in [-0.1, -0.05) is 24.6 Å². The number of hydrogen-bond donors (Lipinski definition) is 3. The molecule has 3 fully saturated rings. The van der Waals surface area contributed by atoms with Gasteiger partial charge in [0.05, 0.1) is 22.9 Å². The van der Waals surface area contributed by atoms with Crippen molar-refractivity contribution in [3.05, 3.63) is 71.2 Å². The second-order valence-corrected chi connectivity index (χ2v) is 11.8.